The van der Waals surface area contributed by atoms with Gasteiger partial charge in [0, 0.05) is 10.8 Å². The molecule has 0 amide bonds. The average Bonchev–Trinajstić information content (AvgIpc) is 3.61. The maximum Gasteiger partial charge on any atom is 0.136 e. The third kappa shape index (κ3) is 4.66. The molecule has 1 nitrogen and oxygen atoms in total. The van der Waals surface area contributed by atoms with Crippen molar-refractivity contribution in [3.8, 4) is 33.4 Å². The normalized spacial score (nSPS) is 12.0. The van der Waals surface area contributed by atoms with E-state index in [1.54, 1.807) is 0 Å². The number of benzene rings is 9. The lowest BCUT2D eigenvalue weighted by Crippen LogP contribution is -2.04. The molecule has 0 bridgehead atoms. The maximum absolute atomic E-state index is 6.54. The van der Waals surface area contributed by atoms with E-state index in [2.05, 4.69) is 177 Å². The Labute approximate surface area is 322 Å². The molecule has 0 aliphatic rings. The Morgan fingerprint density at radius 3 is 1.45 bits per heavy atom. The SMILES string of the molecule is Cc1c(C)c(C)c2c(-c3cccc4oc5ccccc5c34)c3c(C)c(C)c(C)c(C)c3c(-c3cccc(-c4cc5ccccc5c5ccccc45)c3)c2c1C. The molecule has 0 fully saturated rings. The Morgan fingerprint density at radius 1 is 0.309 bits per heavy atom. The van der Waals surface area contributed by atoms with Gasteiger partial charge in [-0.15, -0.1) is 0 Å². The molecule has 0 saturated heterocycles. The zero-order valence-electron chi connectivity index (χ0n) is 33.0. The first kappa shape index (κ1) is 33.4. The summed E-state index contributed by atoms with van der Waals surface area (Å²) in [7, 11) is 0. The molecule has 10 aromatic rings. The van der Waals surface area contributed by atoms with Crippen molar-refractivity contribution in [3.05, 3.63) is 166 Å². The third-order valence-electron chi connectivity index (χ3n) is 13.3. The van der Waals surface area contributed by atoms with Gasteiger partial charge in [-0.1, -0.05) is 97.1 Å². The van der Waals surface area contributed by atoms with Gasteiger partial charge in [0.15, 0.2) is 0 Å². The lowest BCUT2D eigenvalue weighted by atomic mass is 9.76. The second-order valence-corrected chi connectivity index (χ2v) is 15.8. The van der Waals surface area contributed by atoms with E-state index < -0.39 is 0 Å². The number of furan rings is 1. The van der Waals surface area contributed by atoms with Crippen LogP contribution in [0, 0.1) is 55.4 Å². The summed E-state index contributed by atoms with van der Waals surface area (Å²) in [5.41, 5.74) is 20.3. The lowest BCUT2D eigenvalue weighted by Gasteiger charge is -2.27. The van der Waals surface area contributed by atoms with Crippen molar-refractivity contribution in [1.29, 1.82) is 0 Å². The van der Waals surface area contributed by atoms with Gasteiger partial charge in [-0.05, 0) is 201 Å². The summed E-state index contributed by atoms with van der Waals surface area (Å²) in [6.45, 7) is 18.6. The minimum atomic E-state index is 0.924. The van der Waals surface area contributed by atoms with Gasteiger partial charge in [-0.25, -0.2) is 0 Å². The van der Waals surface area contributed by atoms with Crippen molar-refractivity contribution in [2.24, 2.45) is 0 Å². The summed E-state index contributed by atoms with van der Waals surface area (Å²) in [5.74, 6) is 0. The topological polar surface area (TPSA) is 13.1 Å². The van der Waals surface area contributed by atoms with Gasteiger partial charge in [-0.3, -0.25) is 0 Å². The predicted molar refractivity (Wildman–Crippen MR) is 238 cm³/mol. The van der Waals surface area contributed by atoms with Crippen molar-refractivity contribution in [2.45, 2.75) is 55.4 Å². The molecule has 1 heterocycles. The third-order valence-corrected chi connectivity index (χ3v) is 13.3. The highest BCUT2D eigenvalue weighted by molar-refractivity contribution is 6.28. The fourth-order valence-corrected chi connectivity index (χ4v) is 9.80. The molecule has 55 heavy (non-hydrogen) atoms. The van der Waals surface area contributed by atoms with Crippen molar-refractivity contribution in [1.82, 2.24) is 0 Å². The monoisotopic (exact) mass is 708 g/mol. The number of rotatable bonds is 3. The number of fused-ring (bicyclic) bond motifs is 8. The number of aryl methyl sites for hydroxylation is 4. The molecule has 266 valence electrons. The van der Waals surface area contributed by atoms with Gasteiger partial charge in [0.1, 0.15) is 11.2 Å². The second kappa shape index (κ2) is 12.2. The first-order valence-corrected chi connectivity index (χ1v) is 19.5. The molecular formula is C54H44O. The second-order valence-electron chi connectivity index (χ2n) is 15.8. The fraction of sp³-hybridized carbons (Fsp3) is 0.148. The van der Waals surface area contributed by atoms with Crippen LogP contribution < -0.4 is 0 Å². The standard InChI is InChI=1S/C54H44O/c1-29-31(3)35(7)50-48(33(29)5)52(39-19-15-18-37(27-39)45-28-38-17-9-10-20-40(38)41-21-11-12-22-42(41)45)49-34(6)30(2)32(4)36(8)51(49)54(50)44-24-16-26-47-53(44)43-23-13-14-25-46(43)55-47/h9-28H,1-8H3. The van der Waals surface area contributed by atoms with E-state index in [0.29, 0.717) is 0 Å². The molecule has 0 aliphatic heterocycles. The summed E-state index contributed by atoms with van der Waals surface area (Å²) in [6.07, 6.45) is 0. The van der Waals surface area contributed by atoms with Crippen molar-refractivity contribution in [2.75, 3.05) is 0 Å². The molecule has 1 aromatic heterocycles. The van der Waals surface area contributed by atoms with E-state index in [9.17, 15) is 0 Å². The van der Waals surface area contributed by atoms with Crippen LogP contribution in [0.1, 0.15) is 44.5 Å². The van der Waals surface area contributed by atoms with Crippen LogP contribution in [0.5, 0.6) is 0 Å². The van der Waals surface area contributed by atoms with Crippen LogP contribution in [0.25, 0.3) is 98.4 Å². The molecule has 0 N–H and O–H groups in total. The number of hydrogen-bond acceptors (Lipinski definition) is 1. The molecule has 0 saturated carbocycles. The van der Waals surface area contributed by atoms with Gasteiger partial charge in [-0.2, -0.15) is 0 Å². The van der Waals surface area contributed by atoms with Crippen LogP contribution in [0.3, 0.4) is 0 Å². The van der Waals surface area contributed by atoms with E-state index in [1.807, 2.05) is 0 Å². The molecule has 1 heteroatoms. The number of para-hydroxylation sites is 1. The summed E-state index contributed by atoms with van der Waals surface area (Å²) in [6, 6.07) is 44.6. The average molecular weight is 709 g/mol. The molecule has 10 rings (SSSR count). The van der Waals surface area contributed by atoms with Crippen LogP contribution in [0.2, 0.25) is 0 Å². The minimum absolute atomic E-state index is 0.924. The molecule has 9 aromatic carbocycles. The Bertz CT molecular complexity index is 3200. The summed E-state index contributed by atoms with van der Waals surface area (Å²) in [5, 5.41) is 12.8. The molecular weight excluding hydrogens is 665 g/mol. The molecule has 0 radical (unpaired) electrons. The van der Waals surface area contributed by atoms with Gasteiger partial charge in [0.25, 0.3) is 0 Å². The number of hydrogen-bond donors (Lipinski definition) is 0. The van der Waals surface area contributed by atoms with Crippen LogP contribution >= 0.6 is 0 Å². The Hall–Kier alpha value is -6.18. The Kier molecular flexibility index (Phi) is 7.39. The molecule has 0 spiro atoms. The van der Waals surface area contributed by atoms with Crippen LogP contribution in [0.15, 0.2) is 126 Å². The Balaban J connectivity index is 1.41. The fourth-order valence-electron chi connectivity index (χ4n) is 9.80. The lowest BCUT2D eigenvalue weighted by molar-refractivity contribution is 0.669. The van der Waals surface area contributed by atoms with E-state index in [1.165, 1.54) is 126 Å². The highest BCUT2D eigenvalue weighted by Crippen LogP contribution is 2.52. The first-order valence-electron chi connectivity index (χ1n) is 19.5. The zero-order valence-corrected chi connectivity index (χ0v) is 33.0. The van der Waals surface area contributed by atoms with E-state index >= 15 is 0 Å². The maximum atomic E-state index is 6.54. The van der Waals surface area contributed by atoms with Gasteiger partial charge >= 0.3 is 0 Å². The van der Waals surface area contributed by atoms with Crippen molar-refractivity contribution >= 4 is 65.0 Å². The summed E-state index contributed by atoms with van der Waals surface area (Å²) >= 11 is 0. The Morgan fingerprint density at radius 2 is 0.800 bits per heavy atom. The highest BCUT2D eigenvalue weighted by atomic mass is 16.3. The molecule has 0 aliphatic carbocycles. The van der Waals surface area contributed by atoms with E-state index in [-0.39, 0.29) is 0 Å². The van der Waals surface area contributed by atoms with E-state index in [0.717, 1.165) is 16.6 Å². The smallest absolute Gasteiger partial charge is 0.136 e. The summed E-state index contributed by atoms with van der Waals surface area (Å²) in [4.78, 5) is 0. The minimum Gasteiger partial charge on any atom is -0.456 e. The zero-order chi connectivity index (χ0) is 37.9. The molecule has 0 unspecified atom stereocenters. The van der Waals surface area contributed by atoms with Crippen LogP contribution in [-0.2, 0) is 0 Å². The van der Waals surface area contributed by atoms with Crippen LogP contribution in [-0.4, -0.2) is 0 Å². The quantitative estimate of drug-likeness (QED) is 0.132. The molecule has 0 atom stereocenters. The van der Waals surface area contributed by atoms with Crippen LogP contribution in [0.4, 0.5) is 0 Å². The highest BCUT2D eigenvalue weighted by Gasteiger charge is 2.27. The van der Waals surface area contributed by atoms with Crippen molar-refractivity contribution < 1.29 is 4.42 Å². The van der Waals surface area contributed by atoms with E-state index in [4.69, 9.17) is 4.42 Å². The van der Waals surface area contributed by atoms with Gasteiger partial charge in [0.2, 0.25) is 0 Å². The van der Waals surface area contributed by atoms with Gasteiger partial charge < -0.3 is 4.42 Å². The summed E-state index contributed by atoms with van der Waals surface area (Å²) < 4.78 is 6.54. The predicted octanol–water partition coefficient (Wildman–Crippen LogP) is 15.7. The first-order chi connectivity index (χ1) is 26.7. The van der Waals surface area contributed by atoms with Gasteiger partial charge in [0.05, 0.1) is 0 Å². The largest absolute Gasteiger partial charge is 0.456 e. The van der Waals surface area contributed by atoms with Crippen molar-refractivity contribution in [3.63, 3.8) is 0 Å².